The number of phenolic OH excluding ortho intramolecular Hbond substituents is 1. The summed E-state index contributed by atoms with van der Waals surface area (Å²) < 4.78 is 0. The monoisotopic (exact) mass is 1100 g/mol. The lowest BCUT2D eigenvalue weighted by molar-refractivity contribution is -0.143. The van der Waals surface area contributed by atoms with E-state index >= 15 is 0 Å². The van der Waals surface area contributed by atoms with Crippen molar-refractivity contribution in [3.05, 3.63) is 29.8 Å². The predicted octanol–water partition coefficient (Wildman–Crippen LogP) is -1.06. The van der Waals surface area contributed by atoms with Gasteiger partial charge in [0.05, 0.1) is 19.1 Å². The van der Waals surface area contributed by atoms with Gasteiger partial charge >= 0.3 is 5.97 Å². The van der Waals surface area contributed by atoms with Crippen LogP contribution >= 0.6 is 0 Å². The van der Waals surface area contributed by atoms with Gasteiger partial charge in [-0.2, -0.15) is 0 Å². The quantitative estimate of drug-likeness (QED) is 0.0409. The van der Waals surface area contributed by atoms with Crippen LogP contribution in [0.25, 0.3) is 0 Å². The maximum Gasteiger partial charge on any atom is 0.326 e. The van der Waals surface area contributed by atoms with E-state index in [9.17, 15) is 68.1 Å². The molecule has 15 N–H and O–H groups in total. The molecule has 0 bridgehead atoms. The number of hydrogen-bond donors (Lipinski definition) is 13. The molecule has 1 saturated heterocycles. The van der Waals surface area contributed by atoms with Gasteiger partial charge in [0.15, 0.2) is 0 Å². The van der Waals surface area contributed by atoms with Crippen LogP contribution in [-0.4, -0.2) is 159 Å². The Bertz CT molecular complexity index is 2250. The number of nitrogens with two attached hydrogens (primary N) is 2. The molecule has 0 aliphatic carbocycles. The maximum atomic E-state index is 14.6. The molecule has 1 aromatic carbocycles. The zero-order valence-corrected chi connectivity index (χ0v) is 47.0. The van der Waals surface area contributed by atoms with E-state index in [-0.39, 0.29) is 55.7 Å². The summed E-state index contributed by atoms with van der Waals surface area (Å²) >= 11 is 0. The number of likely N-dealkylation sites (tertiary alicyclic amines) is 1. The number of carboxylic acid groups (broad SMARTS) is 1. The van der Waals surface area contributed by atoms with Crippen LogP contribution in [0.4, 0.5) is 0 Å². The number of nitrogens with zero attached hydrogens (tertiary/aromatic N) is 1. The first kappa shape index (κ1) is 67.2. The number of phenols is 1. The second-order valence-electron chi connectivity index (χ2n) is 21.6. The largest absolute Gasteiger partial charge is 0.508 e. The number of amides is 10. The second-order valence-corrected chi connectivity index (χ2v) is 21.6. The first-order chi connectivity index (χ1) is 36.4. The van der Waals surface area contributed by atoms with Crippen LogP contribution < -0.4 is 54.0 Å². The molecule has 1 aliphatic heterocycles. The van der Waals surface area contributed by atoms with Crippen LogP contribution in [0.15, 0.2) is 24.3 Å². The van der Waals surface area contributed by atoms with Crippen molar-refractivity contribution in [3.8, 4) is 5.75 Å². The molecule has 0 radical (unpaired) electrons. The number of hydrogen-bond acceptors (Lipinski definition) is 14. The number of carbonyl (C=O) groups is 11. The minimum Gasteiger partial charge on any atom is -0.508 e. The zero-order valence-electron chi connectivity index (χ0n) is 47.0. The average Bonchev–Trinajstić information content (AvgIpc) is 3.87. The van der Waals surface area contributed by atoms with E-state index in [0.717, 1.165) is 0 Å². The molecule has 0 aromatic heterocycles. The summed E-state index contributed by atoms with van der Waals surface area (Å²) in [6, 6.07) is -7.21. The molecule has 1 aliphatic rings. The molecule has 78 heavy (non-hydrogen) atoms. The molecule has 25 nitrogen and oxygen atoms in total. The molecule has 1 heterocycles. The molecular weight excluding hydrogens is 1010 g/mol. The van der Waals surface area contributed by atoms with Crippen molar-refractivity contribution in [1.82, 2.24) is 47.4 Å². The highest BCUT2D eigenvalue weighted by molar-refractivity contribution is 5.99. The van der Waals surface area contributed by atoms with Gasteiger partial charge in [0, 0.05) is 13.0 Å². The summed E-state index contributed by atoms with van der Waals surface area (Å²) in [5.41, 5.74) is 12.2. The first-order valence-corrected chi connectivity index (χ1v) is 26.8. The third kappa shape index (κ3) is 21.2. The van der Waals surface area contributed by atoms with Crippen LogP contribution in [0.1, 0.15) is 127 Å². The van der Waals surface area contributed by atoms with Gasteiger partial charge in [0.1, 0.15) is 60.1 Å². The fourth-order valence-electron chi connectivity index (χ4n) is 8.56. The van der Waals surface area contributed by atoms with Gasteiger partial charge in [-0.15, -0.1) is 0 Å². The van der Waals surface area contributed by atoms with Crippen molar-refractivity contribution >= 4 is 65.0 Å². The fraction of sp³-hybridized carbons (Fsp3) is 0.679. The lowest BCUT2D eigenvalue weighted by Crippen LogP contribution is -2.61. The Kier molecular flexibility index (Phi) is 27.7. The number of aromatic hydroxyl groups is 1. The van der Waals surface area contributed by atoms with E-state index < -0.39 is 150 Å². The molecule has 25 heteroatoms. The smallest absolute Gasteiger partial charge is 0.326 e. The summed E-state index contributed by atoms with van der Waals surface area (Å²) in [7, 11) is 0. The standard InChI is InChI=1S/C53H87N11O14/c1-12-29(9)41(55)50(74)63-43(30(10)13-2)51(75)60-37(23-32-16-18-33(66)19-17-32)52(76)64-20-14-15-39(64)49(73)59-36(24-40(54)67)45(69)56-31(11)44(68)61-38(25-65)48(72)58-34(21-26(3)4)46(70)57-35(22-27(5)6)47(71)62-42(28(7)8)53(77)78/h16-19,26-31,34-39,41-43,65-66H,12-15,20-25,55H2,1-11H3,(H2,54,67)(H,56,69)(H,57,70)(H,58,72)(H,59,73)(H,60,75)(H,61,68)(H,62,71)(H,63,74)(H,77,78)/t29-,30-,31-,34-,35-,36-,37-,38-,39-,41-,42-,43-/m0/s1. The minimum absolute atomic E-state index is 0.0426. The third-order valence-electron chi connectivity index (χ3n) is 13.7. The van der Waals surface area contributed by atoms with E-state index in [1.165, 1.54) is 24.0 Å². The van der Waals surface area contributed by atoms with Crippen LogP contribution in [0.5, 0.6) is 5.75 Å². The molecule has 0 unspecified atom stereocenters. The third-order valence-corrected chi connectivity index (χ3v) is 13.7. The summed E-state index contributed by atoms with van der Waals surface area (Å²) in [5.74, 6) is -11.1. The van der Waals surface area contributed by atoms with E-state index in [0.29, 0.717) is 24.8 Å². The Labute approximate surface area is 457 Å². The highest BCUT2D eigenvalue weighted by atomic mass is 16.4. The minimum atomic E-state index is -1.69. The van der Waals surface area contributed by atoms with Crippen LogP contribution in [0.2, 0.25) is 0 Å². The van der Waals surface area contributed by atoms with Crippen LogP contribution in [-0.2, 0) is 59.2 Å². The highest BCUT2D eigenvalue weighted by Gasteiger charge is 2.41. The summed E-state index contributed by atoms with van der Waals surface area (Å²) in [6.07, 6.45) is 0.804. The normalized spacial score (nSPS) is 17.6. The van der Waals surface area contributed by atoms with E-state index in [1.807, 2.05) is 20.8 Å². The van der Waals surface area contributed by atoms with Crippen molar-refractivity contribution in [3.63, 3.8) is 0 Å². The number of carbonyl (C=O) groups excluding carboxylic acids is 10. The van der Waals surface area contributed by atoms with Crippen LogP contribution in [0, 0.1) is 29.6 Å². The number of rotatable bonds is 32. The average molecular weight is 1100 g/mol. The number of carboxylic acids is 1. The Morgan fingerprint density at radius 1 is 0.603 bits per heavy atom. The van der Waals surface area contributed by atoms with Crippen molar-refractivity contribution < 1.29 is 68.1 Å². The first-order valence-electron chi connectivity index (χ1n) is 26.8. The summed E-state index contributed by atoms with van der Waals surface area (Å²) in [6.45, 7) is 17.9. The SMILES string of the molecule is CC[C@H](C)[C@H](N)C(=O)N[C@H](C(=O)N[C@@H](Cc1ccc(O)cc1)C(=O)N1CCC[C@H]1C(=O)N[C@@H](CC(N)=O)C(=O)N[C@@H](C)C(=O)N[C@@H](CO)C(=O)N[C@@H](CC(C)C)C(=O)N[C@@H](CC(C)C)C(=O)N[C@H](C(=O)O)C(C)C)[C@@H](C)CC. The van der Waals surface area contributed by atoms with Crippen LogP contribution in [0.3, 0.4) is 0 Å². The molecular formula is C53H87N11O14. The topological polar surface area (TPSA) is 400 Å². The van der Waals surface area contributed by atoms with Gasteiger partial charge in [-0.05, 0) is 79.9 Å². The molecule has 10 amide bonds. The molecule has 438 valence electrons. The van der Waals surface area contributed by atoms with Gasteiger partial charge in [0.25, 0.3) is 0 Å². The molecule has 0 saturated carbocycles. The van der Waals surface area contributed by atoms with Gasteiger partial charge in [-0.25, -0.2) is 4.79 Å². The number of aliphatic hydroxyl groups is 1. The predicted molar refractivity (Wildman–Crippen MR) is 287 cm³/mol. The fourth-order valence-corrected chi connectivity index (χ4v) is 8.56. The van der Waals surface area contributed by atoms with E-state index in [4.69, 9.17) is 11.5 Å². The van der Waals surface area contributed by atoms with E-state index in [2.05, 4.69) is 42.5 Å². The number of primary amides is 1. The second kappa shape index (κ2) is 32.1. The lowest BCUT2D eigenvalue weighted by Gasteiger charge is -2.32. The lowest BCUT2D eigenvalue weighted by atomic mass is 9.95. The molecule has 12 atom stereocenters. The Morgan fingerprint density at radius 2 is 1.09 bits per heavy atom. The molecule has 1 fully saturated rings. The molecule has 1 aromatic rings. The summed E-state index contributed by atoms with van der Waals surface area (Å²) in [4.78, 5) is 149. The van der Waals surface area contributed by atoms with Gasteiger partial charge in [0.2, 0.25) is 59.1 Å². The summed E-state index contributed by atoms with van der Waals surface area (Å²) in [5, 5.41) is 50.0. The van der Waals surface area contributed by atoms with Crippen molar-refractivity contribution in [2.45, 2.75) is 188 Å². The Hall–Kier alpha value is -6.89. The number of aliphatic carboxylic acids is 1. The number of aliphatic hydroxyl groups excluding tert-OH is 1. The number of benzene rings is 1. The van der Waals surface area contributed by atoms with Gasteiger partial charge in [-0.3, -0.25) is 47.9 Å². The van der Waals surface area contributed by atoms with Crippen molar-refractivity contribution in [1.29, 1.82) is 0 Å². The molecule has 0 spiro atoms. The Balaban J connectivity index is 2.30. The maximum absolute atomic E-state index is 14.6. The Morgan fingerprint density at radius 3 is 1.58 bits per heavy atom. The number of nitrogens with one attached hydrogen (secondary N) is 8. The van der Waals surface area contributed by atoms with Crippen molar-refractivity contribution in [2.75, 3.05) is 13.2 Å². The van der Waals surface area contributed by atoms with Gasteiger partial charge in [-0.1, -0.05) is 94.2 Å². The van der Waals surface area contributed by atoms with E-state index in [1.54, 1.807) is 60.6 Å². The zero-order chi connectivity index (χ0) is 59.3. The van der Waals surface area contributed by atoms with Gasteiger partial charge < -0.3 is 74.2 Å². The van der Waals surface area contributed by atoms with Crippen molar-refractivity contribution in [2.24, 2.45) is 41.1 Å². The highest BCUT2D eigenvalue weighted by Crippen LogP contribution is 2.22. The molecule has 2 rings (SSSR count).